The summed E-state index contributed by atoms with van der Waals surface area (Å²) in [6.45, 7) is 4.00. The van der Waals surface area contributed by atoms with Crippen LogP contribution in [-0.2, 0) is 17.8 Å². The summed E-state index contributed by atoms with van der Waals surface area (Å²) < 4.78 is 5.40. The molecule has 2 aliphatic heterocycles. The number of aromatic nitrogens is 2. The number of carbonyl (C=O) groups excluding carboxylic acids is 1. The minimum Gasteiger partial charge on any atom is -0.378 e. The van der Waals surface area contributed by atoms with E-state index in [-0.39, 0.29) is 5.91 Å². The third-order valence-electron chi connectivity index (χ3n) is 5.51. The van der Waals surface area contributed by atoms with Gasteiger partial charge in [-0.15, -0.1) is 0 Å². The highest BCUT2D eigenvalue weighted by Gasteiger charge is 2.27. The lowest BCUT2D eigenvalue weighted by Gasteiger charge is -2.26. The molecule has 0 saturated carbocycles. The van der Waals surface area contributed by atoms with Crippen LogP contribution >= 0.6 is 11.6 Å². The zero-order chi connectivity index (χ0) is 20.5. The van der Waals surface area contributed by atoms with Crippen molar-refractivity contribution in [3.8, 4) is 11.1 Å². The molecule has 0 atom stereocenters. The summed E-state index contributed by atoms with van der Waals surface area (Å²) in [5.74, 6) is 0.718. The molecule has 3 aromatic rings. The van der Waals surface area contributed by atoms with Crippen molar-refractivity contribution in [2.75, 3.05) is 31.2 Å². The van der Waals surface area contributed by atoms with Gasteiger partial charge < -0.3 is 14.5 Å². The molecule has 5 rings (SSSR count). The largest absolute Gasteiger partial charge is 0.378 e. The predicted molar refractivity (Wildman–Crippen MR) is 116 cm³/mol. The highest BCUT2D eigenvalue weighted by molar-refractivity contribution is 6.30. The van der Waals surface area contributed by atoms with E-state index in [1.54, 1.807) is 0 Å². The lowest BCUT2D eigenvalue weighted by molar-refractivity contribution is 0.0750. The van der Waals surface area contributed by atoms with Gasteiger partial charge in [-0.3, -0.25) is 4.79 Å². The molecule has 0 bridgehead atoms. The van der Waals surface area contributed by atoms with Gasteiger partial charge in [-0.2, -0.15) is 0 Å². The van der Waals surface area contributed by atoms with Crippen LogP contribution in [0.4, 0.5) is 5.95 Å². The maximum absolute atomic E-state index is 13.0. The molecule has 7 heteroatoms. The maximum atomic E-state index is 13.0. The van der Waals surface area contributed by atoms with Crippen molar-refractivity contribution < 1.29 is 9.53 Å². The van der Waals surface area contributed by atoms with E-state index in [0.717, 1.165) is 41.4 Å². The molecule has 0 N–H and O–H groups in total. The normalized spacial score (nSPS) is 15.9. The average molecular weight is 421 g/mol. The average Bonchev–Trinajstić information content (AvgIpc) is 3.23. The van der Waals surface area contributed by atoms with Crippen molar-refractivity contribution in [1.82, 2.24) is 14.9 Å². The predicted octanol–water partition coefficient (Wildman–Crippen LogP) is 3.79. The topological polar surface area (TPSA) is 58.6 Å². The molecule has 6 nitrogen and oxygen atoms in total. The molecule has 0 spiro atoms. The second kappa shape index (κ2) is 8.05. The summed E-state index contributed by atoms with van der Waals surface area (Å²) in [5, 5.41) is 0.694. The molecule has 0 unspecified atom stereocenters. The minimum atomic E-state index is -0.00133. The zero-order valence-corrected chi connectivity index (χ0v) is 17.2. The van der Waals surface area contributed by atoms with Crippen molar-refractivity contribution in [1.29, 1.82) is 0 Å². The SMILES string of the molecule is O=C(c1ccc(-c2cccc(Cl)c2)cc1)N1Cc2cnc(N3CCOCC3)nc2C1. The number of anilines is 1. The number of amides is 1. The van der Waals surface area contributed by atoms with Gasteiger partial charge in [-0.05, 0) is 35.4 Å². The second-order valence-electron chi connectivity index (χ2n) is 7.49. The van der Waals surface area contributed by atoms with Crippen LogP contribution < -0.4 is 4.90 Å². The lowest BCUT2D eigenvalue weighted by atomic mass is 10.0. The highest BCUT2D eigenvalue weighted by atomic mass is 35.5. The molecule has 3 heterocycles. The van der Waals surface area contributed by atoms with Gasteiger partial charge in [0, 0.05) is 42.0 Å². The Morgan fingerprint density at radius 3 is 2.57 bits per heavy atom. The Morgan fingerprint density at radius 1 is 1.00 bits per heavy atom. The number of rotatable bonds is 3. The summed E-state index contributed by atoms with van der Waals surface area (Å²) in [5.41, 5.74) is 4.65. The molecule has 1 amide bonds. The lowest BCUT2D eigenvalue weighted by Crippen LogP contribution is -2.37. The molecule has 30 heavy (non-hydrogen) atoms. The van der Waals surface area contributed by atoms with Crippen LogP contribution in [0.25, 0.3) is 11.1 Å². The zero-order valence-electron chi connectivity index (χ0n) is 16.4. The van der Waals surface area contributed by atoms with Crippen molar-refractivity contribution >= 4 is 23.5 Å². The fourth-order valence-electron chi connectivity index (χ4n) is 3.86. The van der Waals surface area contributed by atoms with E-state index in [4.69, 9.17) is 21.3 Å². The number of carbonyl (C=O) groups is 1. The van der Waals surface area contributed by atoms with Crippen molar-refractivity contribution in [3.05, 3.63) is 76.6 Å². The standard InChI is InChI=1S/C23H21ClN4O2/c24-20-3-1-2-18(12-20)16-4-6-17(7-5-16)22(29)28-14-19-13-25-23(26-21(19)15-28)27-8-10-30-11-9-27/h1-7,12-13H,8-11,14-15H2. The van der Waals surface area contributed by atoms with Crippen LogP contribution in [-0.4, -0.2) is 47.1 Å². The minimum absolute atomic E-state index is 0.00133. The van der Waals surface area contributed by atoms with Crippen LogP contribution in [0.2, 0.25) is 5.02 Å². The third kappa shape index (κ3) is 3.76. The summed E-state index contributed by atoms with van der Waals surface area (Å²) in [7, 11) is 0. The fourth-order valence-corrected chi connectivity index (χ4v) is 4.05. The number of hydrogen-bond donors (Lipinski definition) is 0. The van der Waals surface area contributed by atoms with Gasteiger partial charge in [-0.25, -0.2) is 9.97 Å². The first-order chi connectivity index (χ1) is 14.7. The molecular formula is C23H21ClN4O2. The number of morpholine rings is 1. The Balaban J connectivity index is 1.30. The number of fused-ring (bicyclic) bond motifs is 1. The van der Waals surface area contributed by atoms with Crippen LogP contribution in [0.5, 0.6) is 0 Å². The van der Waals surface area contributed by atoms with E-state index >= 15 is 0 Å². The Morgan fingerprint density at radius 2 is 1.80 bits per heavy atom. The van der Waals surface area contributed by atoms with Gasteiger partial charge >= 0.3 is 0 Å². The first-order valence-corrected chi connectivity index (χ1v) is 10.4. The summed E-state index contributed by atoms with van der Waals surface area (Å²) in [6, 6.07) is 15.3. The van der Waals surface area contributed by atoms with Crippen molar-refractivity contribution in [3.63, 3.8) is 0 Å². The molecule has 1 aromatic heterocycles. The van der Waals surface area contributed by atoms with E-state index in [1.807, 2.05) is 59.6 Å². The summed E-state index contributed by atoms with van der Waals surface area (Å²) in [6.07, 6.45) is 1.85. The Labute approximate surface area is 180 Å². The number of halogens is 1. The second-order valence-corrected chi connectivity index (χ2v) is 7.93. The van der Waals surface area contributed by atoms with Gasteiger partial charge in [-0.1, -0.05) is 35.9 Å². The van der Waals surface area contributed by atoms with Crippen LogP contribution in [0.1, 0.15) is 21.6 Å². The maximum Gasteiger partial charge on any atom is 0.254 e. The molecule has 2 aromatic carbocycles. The van der Waals surface area contributed by atoms with Crippen LogP contribution in [0.15, 0.2) is 54.7 Å². The molecule has 1 fully saturated rings. The fraction of sp³-hybridized carbons (Fsp3) is 0.261. The molecule has 0 aliphatic carbocycles. The van der Waals surface area contributed by atoms with Gasteiger partial charge in [0.2, 0.25) is 5.95 Å². The molecule has 1 saturated heterocycles. The number of benzene rings is 2. The van der Waals surface area contributed by atoms with E-state index < -0.39 is 0 Å². The Bertz CT molecular complexity index is 1080. The first-order valence-electron chi connectivity index (χ1n) is 10.0. The van der Waals surface area contributed by atoms with Crippen molar-refractivity contribution in [2.45, 2.75) is 13.1 Å². The van der Waals surface area contributed by atoms with E-state index in [1.165, 1.54) is 0 Å². The van der Waals surface area contributed by atoms with Crippen LogP contribution in [0, 0.1) is 0 Å². The van der Waals surface area contributed by atoms with Crippen molar-refractivity contribution in [2.24, 2.45) is 0 Å². The molecule has 2 aliphatic rings. The van der Waals surface area contributed by atoms with Gasteiger partial charge in [0.05, 0.1) is 25.5 Å². The summed E-state index contributed by atoms with van der Waals surface area (Å²) >= 11 is 6.09. The van der Waals surface area contributed by atoms with Gasteiger partial charge in [0.15, 0.2) is 0 Å². The van der Waals surface area contributed by atoms with E-state index in [2.05, 4.69) is 9.88 Å². The third-order valence-corrected chi connectivity index (χ3v) is 5.75. The molecule has 152 valence electrons. The highest BCUT2D eigenvalue weighted by Crippen LogP contribution is 2.26. The van der Waals surface area contributed by atoms with Gasteiger partial charge in [0.1, 0.15) is 0 Å². The number of ether oxygens (including phenoxy) is 1. The smallest absolute Gasteiger partial charge is 0.254 e. The van der Waals surface area contributed by atoms with E-state index in [9.17, 15) is 4.79 Å². The quantitative estimate of drug-likeness (QED) is 0.645. The van der Waals surface area contributed by atoms with Crippen LogP contribution in [0.3, 0.4) is 0 Å². The first kappa shape index (κ1) is 19.0. The Hall–Kier alpha value is -2.96. The number of hydrogen-bond acceptors (Lipinski definition) is 5. The number of nitrogens with zero attached hydrogens (tertiary/aromatic N) is 4. The Kier molecular flexibility index (Phi) is 5.11. The van der Waals surface area contributed by atoms with Gasteiger partial charge in [0.25, 0.3) is 5.91 Å². The molecule has 0 radical (unpaired) electrons. The molecular weight excluding hydrogens is 400 g/mol. The summed E-state index contributed by atoms with van der Waals surface area (Å²) in [4.78, 5) is 26.2. The van der Waals surface area contributed by atoms with E-state index in [0.29, 0.717) is 36.9 Å². The monoisotopic (exact) mass is 420 g/mol.